The van der Waals surface area contributed by atoms with Crippen LogP contribution < -0.4 is 10.6 Å². The van der Waals surface area contributed by atoms with Crippen LogP contribution in [0.2, 0.25) is 0 Å². The van der Waals surface area contributed by atoms with Crippen LogP contribution in [0.4, 0.5) is 10.1 Å². The van der Waals surface area contributed by atoms with Crippen LogP contribution >= 0.6 is 11.3 Å². The average molecular weight is 465 g/mol. The number of anilines is 1. The molecule has 0 aliphatic rings. The van der Waals surface area contributed by atoms with Gasteiger partial charge in [-0.15, -0.1) is 11.3 Å². The second kappa shape index (κ2) is 9.15. The fourth-order valence-electron chi connectivity index (χ4n) is 3.90. The molecule has 6 nitrogen and oxygen atoms in total. The van der Waals surface area contributed by atoms with E-state index in [-0.39, 0.29) is 24.2 Å². The van der Waals surface area contributed by atoms with Gasteiger partial charge in [-0.3, -0.25) is 14.3 Å². The van der Waals surface area contributed by atoms with Crippen LogP contribution in [-0.4, -0.2) is 28.1 Å². The molecule has 0 aliphatic carbocycles. The van der Waals surface area contributed by atoms with Crippen molar-refractivity contribution in [2.45, 2.75) is 34.2 Å². The van der Waals surface area contributed by atoms with Crippen molar-refractivity contribution in [3.05, 3.63) is 81.1 Å². The highest BCUT2D eigenvalue weighted by molar-refractivity contribution is 7.20. The summed E-state index contributed by atoms with van der Waals surface area (Å²) in [5.74, 6) is -0.873. The summed E-state index contributed by atoms with van der Waals surface area (Å²) in [5.41, 5.74) is 5.60. The molecular weight excluding hydrogens is 439 g/mol. The van der Waals surface area contributed by atoms with E-state index < -0.39 is 0 Å². The third kappa shape index (κ3) is 4.96. The van der Waals surface area contributed by atoms with Crippen LogP contribution in [0.25, 0.3) is 10.2 Å². The van der Waals surface area contributed by atoms with Crippen LogP contribution in [-0.2, 0) is 11.3 Å². The maximum Gasteiger partial charge on any atom is 0.261 e. The van der Waals surface area contributed by atoms with Gasteiger partial charge in [0.2, 0.25) is 5.91 Å². The molecule has 0 saturated heterocycles. The van der Waals surface area contributed by atoms with Crippen molar-refractivity contribution in [2.24, 2.45) is 0 Å². The van der Waals surface area contributed by atoms with Gasteiger partial charge in [-0.2, -0.15) is 5.10 Å². The number of hydrogen-bond acceptors (Lipinski definition) is 4. The lowest BCUT2D eigenvalue weighted by molar-refractivity contribution is -0.115. The second-order valence-corrected chi connectivity index (χ2v) is 9.23. The molecule has 8 heteroatoms. The number of amides is 2. The van der Waals surface area contributed by atoms with Crippen molar-refractivity contribution < 1.29 is 14.0 Å². The van der Waals surface area contributed by atoms with Gasteiger partial charge >= 0.3 is 0 Å². The number of aryl methyl sites for hydroxylation is 4. The predicted octanol–water partition coefficient (Wildman–Crippen LogP) is 4.89. The van der Waals surface area contributed by atoms with Crippen molar-refractivity contribution in [1.29, 1.82) is 0 Å². The van der Waals surface area contributed by atoms with Gasteiger partial charge in [-0.05, 0) is 62.6 Å². The van der Waals surface area contributed by atoms with E-state index in [1.54, 1.807) is 18.2 Å². The smallest absolute Gasteiger partial charge is 0.261 e. The minimum Gasteiger partial charge on any atom is -0.342 e. The molecule has 2 N–H and O–H groups in total. The first kappa shape index (κ1) is 22.7. The van der Waals surface area contributed by atoms with Gasteiger partial charge in [0.15, 0.2) is 0 Å². The molecule has 2 amide bonds. The lowest BCUT2D eigenvalue weighted by Gasteiger charge is -2.13. The van der Waals surface area contributed by atoms with Gasteiger partial charge in [0.05, 0.1) is 23.7 Å². The summed E-state index contributed by atoms with van der Waals surface area (Å²) in [7, 11) is 0. The summed E-state index contributed by atoms with van der Waals surface area (Å²) < 4.78 is 15.0. The first-order valence-electron chi connectivity index (χ1n) is 10.6. The Balaban J connectivity index is 1.44. The van der Waals surface area contributed by atoms with Crippen LogP contribution in [0, 0.1) is 33.5 Å². The van der Waals surface area contributed by atoms with Crippen molar-refractivity contribution in [3.63, 3.8) is 0 Å². The third-order valence-electron chi connectivity index (χ3n) is 5.43. The molecule has 33 heavy (non-hydrogen) atoms. The number of nitrogens with one attached hydrogen (secondary N) is 2. The monoisotopic (exact) mass is 464 g/mol. The van der Waals surface area contributed by atoms with Crippen LogP contribution in [0.5, 0.6) is 0 Å². The van der Waals surface area contributed by atoms with E-state index in [0.717, 1.165) is 43.9 Å². The first-order chi connectivity index (χ1) is 15.7. The Morgan fingerprint density at radius 1 is 1.03 bits per heavy atom. The molecule has 0 radical (unpaired) electrons. The van der Waals surface area contributed by atoms with E-state index in [2.05, 4.69) is 15.7 Å². The number of nitrogens with zero attached hydrogens (tertiary/aromatic N) is 2. The fraction of sp³-hybridized carbons (Fsp3) is 0.240. The molecule has 0 spiro atoms. The highest BCUT2D eigenvalue weighted by Crippen LogP contribution is 2.29. The highest BCUT2D eigenvalue weighted by Gasteiger charge is 2.17. The lowest BCUT2D eigenvalue weighted by Crippen LogP contribution is -2.32. The molecule has 2 aromatic heterocycles. The summed E-state index contributed by atoms with van der Waals surface area (Å²) >= 11 is 1.32. The molecule has 0 aliphatic heterocycles. The molecule has 0 saturated carbocycles. The summed E-state index contributed by atoms with van der Waals surface area (Å²) in [6.45, 7) is 8.14. The molecule has 4 aromatic rings. The van der Waals surface area contributed by atoms with Crippen LogP contribution in [0.3, 0.4) is 0 Å². The Bertz CT molecular complexity index is 1330. The molecule has 2 heterocycles. The zero-order valence-corrected chi connectivity index (χ0v) is 19.8. The molecule has 0 unspecified atom stereocenters. The number of halogens is 1. The van der Waals surface area contributed by atoms with Crippen molar-refractivity contribution in [3.8, 4) is 0 Å². The molecule has 0 fully saturated rings. The van der Waals surface area contributed by atoms with Gasteiger partial charge in [-0.1, -0.05) is 29.8 Å². The number of thiophene rings is 1. The van der Waals surface area contributed by atoms with E-state index in [4.69, 9.17) is 0 Å². The van der Waals surface area contributed by atoms with E-state index in [1.807, 2.05) is 44.5 Å². The Hall–Kier alpha value is -3.52. The highest BCUT2D eigenvalue weighted by atomic mass is 32.1. The minimum absolute atomic E-state index is 0.124. The van der Waals surface area contributed by atoms with Gasteiger partial charge in [0, 0.05) is 11.1 Å². The minimum atomic E-state index is -0.309. The Labute approximate surface area is 195 Å². The zero-order chi connectivity index (χ0) is 23.7. The van der Waals surface area contributed by atoms with Crippen molar-refractivity contribution >= 4 is 39.1 Å². The molecule has 4 rings (SSSR count). The van der Waals surface area contributed by atoms with E-state index in [9.17, 15) is 14.0 Å². The van der Waals surface area contributed by atoms with E-state index in [0.29, 0.717) is 11.4 Å². The summed E-state index contributed by atoms with van der Waals surface area (Å²) in [6, 6.07) is 12.1. The van der Waals surface area contributed by atoms with Crippen LogP contribution in [0.1, 0.15) is 37.6 Å². The topological polar surface area (TPSA) is 76.0 Å². The standard InChI is InChI=1S/C25H25FN4O2S/c1-14-9-15(2)23(16(3)10-14)28-22(31)12-27-24(32)21-11-20-17(4)29-30(25(20)33-21)13-18-5-7-19(26)8-6-18/h5-11H,12-13H2,1-4H3,(H,27,32)(H,28,31). The van der Waals surface area contributed by atoms with E-state index in [1.165, 1.54) is 23.5 Å². The number of hydrogen-bond donors (Lipinski definition) is 2. The Morgan fingerprint density at radius 2 is 1.70 bits per heavy atom. The maximum atomic E-state index is 13.2. The SMILES string of the molecule is Cc1cc(C)c(NC(=O)CNC(=O)c2cc3c(C)nn(Cc4ccc(F)cc4)c3s2)c(C)c1. The van der Waals surface area contributed by atoms with Gasteiger partial charge < -0.3 is 10.6 Å². The number of benzene rings is 2. The molecular formula is C25H25FN4O2S. The van der Waals surface area contributed by atoms with Gasteiger partial charge in [0.25, 0.3) is 5.91 Å². The largest absolute Gasteiger partial charge is 0.342 e. The van der Waals surface area contributed by atoms with Crippen molar-refractivity contribution in [1.82, 2.24) is 15.1 Å². The Morgan fingerprint density at radius 3 is 2.36 bits per heavy atom. The molecule has 2 aromatic carbocycles. The summed E-state index contributed by atoms with van der Waals surface area (Å²) in [5, 5.41) is 11.0. The maximum absolute atomic E-state index is 13.2. The summed E-state index contributed by atoms with van der Waals surface area (Å²) in [6.07, 6.45) is 0. The number of rotatable bonds is 6. The number of carbonyl (C=O) groups excluding carboxylic acids is 2. The number of fused-ring (bicyclic) bond motifs is 1. The van der Waals surface area contributed by atoms with Gasteiger partial charge in [0.1, 0.15) is 10.6 Å². The fourth-order valence-corrected chi connectivity index (χ4v) is 4.98. The zero-order valence-electron chi connectivity index (χ0n) is 19.0. The van der Waals surface area contributed by atoms with Crippen molar-refractivity contribution in [2.75, 3.05) is 11.9 Å². The Kier molecular flexibility index (Phi) is 6.29. The van der Waals surface area contributed by atoms with Crippen LogP contribution in [0.15, 0.2) is 42.5 Å². The molecule has 170 valence electrons. The number of carbonyl (C=O) groups is 2. The van der Waals surface area contributed by atoms with E-state index >= 15 is 0 Å². The normalized spacial score (nSPS) is 11.1. The first-order valence-corrected chi connectivity index (χ1v) is 11.4. The summed E-state index contributed by atoms with van der Waals surface area (Å²) in [4.78, 5) is 26.5. The molecule has 0 atom stereocenters. The third-order valence-corrected chi connectivity index (χ3v) is 6.57. The number of aromatic nitrogens is 2. The van der Waals surface area contributed by atoms with Gasteiger partial charge in [-0.25, -0.2) is 4.39 Å². The average Bonchev–Trinajstić information content (AvgIpc) is 3.32. The predicted molar refractivity (Wildman–Crippen MR) is 129 cm³/mol. The molecule has 0 bridgehead atoms. The quantitative estimate of drug-likeness (QED) is 0.427. The second-order valence-electron chi connectivity index (χ2n) is 8.20. The lowest BCUT2D eigenvalue weighted by atomic mass is 10.1.